The Bertz CT molecular complexity index is 1080. The summed E-state index contributed by atoms with van der Waals surface area (Å²) in [5, 5.41) is 2.72. The van der Waals surface area contributed by atoms with Crippen molar-refractivity contribution in [2.75, 3.05) is 16.8 Å². The number of benzene rings is 3. The van der Waals surface area contributed by atoms with Crippen LogP contribution in [-0.4, -0.2) is 24.3 Å². The van der Waals surface area contributed by atoms with Gasteiger partial charge in [0.1, 0.15) is 5.75 Å². The Kier molecular flexibility index (Phi) is 5.14. The van der Waals surface area contributed by atoms with E-state index < -0.39 is 17.7 Å². The van der Waals surface area contributed by atoms with Gasteiger partial charge in [0.05, 0.1) is 22.5 Å². The Morgan fingerprint density at radius 2 is 1.45 bits per heavy atom. The number of amides is 3. The Hall–Kier alpha value is -3.45. The first kappa shape index (κ1) is 18.9. The number of imide groups is 1. The third kappa shape index (κ3) is 3.77. The van der Waals surface area contributed by atoms with Gasteiger partial charge in [0.25, 0.3) is 17.7 Å². The van der Waals surface area contributed by atoms with Crippen LogP contribution in [0.2, 0.25) is 0 Å². The first-order chi connectivity index (χ1) is 14.0. The molecule has 0 aliphatic carbocycles. The zero-order chi connectivity index (χ0) is 20.4. The molecule has 3 aromatic carbocycles. The van der Waals surface area contributed by atoms with Gasteiger partial charge in [0.2, 0.25) is 0 Å². The van der Waals surface area contributed by atoms with Gasteiger partial charge in [-0.1, -0.05) is 40.2 Å². The van der Waals surface area contributed by atoms with E-state index in [1.807, 2.05) is 12.1 Å². The minimum absolute atomic E-state index is 0.210. The van der Waals surface area contributed by atoms with E-state index in [4.69, 9.17) is 4.74 Å². The smallest absolute Gasteiger partial charge is 0.266 e. The molecule has 0 atom stereocenters. The summed E-state index contributed by atoms with van der Waals surface area (Å²) in [5.41, 5.74) is 1.36. The van der Waals surface area contributed by atoms with Crippen molar-refractivity contribution < 1.29 is 19.1 Å². The summed E-state index contributed by atoms with van der Waals surface area (Å²) in [4.78, 5) is 38.9. The first-order valence-corrected chi connectivity index (χ1v) is 9.59. The molecular formula is C22H15BrN2O4. The van der Waals surface area contributed by atoms with Crippen LogP contribution in [0.25, 0.3) is 0 Å². The van der Waals surface area contributed by atoms with Crippen molar-refractivity contribution in [2.24, 2.45) is 0 Å². The van der Waals surface area contributed by atoms with Crippen molar-refractivity contribution >= 4 is 45.0 Å². The van der Waals surface area contributed by atoms with E-state index in [-0.39, 0.29) is 6.61 Å². The predicted molar refractivity (Wildman–Crippen MR) is 112 cm³/mol. The summed E-state index contributed by atoms with van der Waals surface area (Å²) in [6.07, 6.45) is 0. The van der Waals surface area contributed by atoms with Crippen molar-refractivity contribution in [1.29, 1.82) is 0 Å². The zero-order valence-electron chi connectivity index (χ0n) is 15.1. The second kappa shape index (κ2) is 7.89. The molecule has 144 valence electrons. The fourth-order valence-electron chi connectivity index (χ4n) is 3.05. The van der Waals surface area contributed by atoms with E-state index in [1.165, 1.54) is 0 Å². The molecule has 1 N–H and O–H groups in total. The maximum absolute atomic E-state index is 12.7. The predicted octanol–water partition coefficient (Wildman–Crippen LogP) is 4.27. The van der Waals surface area contributed by atoms with Gasteiger partial charge in [-0.3, -0.25) is 14.4 Å². The molecule has 0 radical (unpaired) electrons. The summed E-state index contributed by atoms with van der Waals surface area (Å²) >= 11 is 3.34. The molecule has 1 heterocycles. The Morgan fingerprint density at radius 3 is 2.10 bits per heavy atom. The van der Waals surface area contributed by atoms with Crippen LogP contribution < -0.4 is 15.0 Å². The molecule has 3 aromatic rings. The van der Waals surface area contributed by atoms with Gasteiger partial charge >= 0.3 is 0 Å². The molecule has 0 bridgehead atoms. The lowest BCUT2D eigenvalue weighted by atomic mass is 10.1. The molecule has 4 rings (SSSR count). The number of fused-ring (bicyclic) bond motifs is 1. The Balaban J connectivity index is 1.52. The topological polar surface area (TPSA) is 75.7 Å². The first-order valence-electron chi connectivity index (χ1n) is 8.79. The maximum atomic E-state index is 12.7. The SMILES string of the molecule is O=C(COc1ccc(Br)cc1)Nc1ccccc1N1C(=O)c2ccccc2C1=O. The van der Waals surface area contributed by atoms with E-state index >= 15 is 0 Å². The minimum atomic E-state index is -0.418. The molecule has 0 saturated carbocycles. The molecule has 0 spiro atoms. The molecule has 1 aliphatic heterocycles. The number of halogens is 1. The third-order valence-corrected chi connectivity index (χ3v) is 4.93. The number of hydrogen-bond donors (Lipinski definition) is 1. The van der Waals surface area contributed by atoms with E-state index in [1.54, 1.807) is 60.7 Å². The summed E-state index contributed by atoms with van der Waals surface area (Å²) in [6, 6.07) is 20.4. The molecule has 3 amide bonds. The van der Waals surface area contributed by atoms with Gasteiger partial charge in [-0.2, -0.15) is 0 Å². The van der Waals surface area contributed by atoms with Crippen LogP contribution in [-0.2, 0) is 4.79 Å². The molecule has 6 nitrogen and oxygen atoms in total. The van der Waals surface area contributed by atoms with E-state index in [0.717, 1.165) is 9.37 Å². The molecule has 0 unspecified atom stereocenters. The van der Waals surface area contributed by atoms with Crippen LogP contribution in [0.4, 0.5) is 11.4 Å². The number of nitrogens with zero attached hydrogens (tertiary/aromatic N) is 1. The lowest BCUT2D eigenvalue weighted by molar-refractivity contribution is -0.118. The molecule has 7 heteroatoms. The van der Waals surface area contributed by atoms with Crippen molar-refractivity contribution in [1.82, 2.24) is 0 Å². The van der Waals surface area contributed by atoms with Crippen LogP contribution in [0, 0.1) is 0 Å². The quantitative estimate of drug-likeness (QED) is 0.588. The lowest BCUT2D eigenvalue weighted by Gasteiger charge is -2.18. The summed E-state index contributed by atoms with van der Waals surface area (Å²) in [5.74, 6) is -0.689. The average Bonchev–Trinajstić information content (AvgIpc) is 2.99. The van der Waals surface area contributed by atoms with Crippen molar-refractivity contribution in [3.05, 3.63) is 88.4 Å². The number of nitrogens with one attached hydrogen (secondary N) is 1. The number of anilines is 2. The second-order valence-electron chi connectivity index (χ2n) is 6.30. The average molecular weight is 451 g/mol. The fraction of sp³-hybridized carbons (Fsp3) is 0.0455. The number of carbonyl (C=O) groups is 3. The lowest BCUT2D eigenvalue weighted by Crippen LogP contribution is -2.31. The van der Waals surface area contributed by atoms with Gasteiger partial charge in [-0.15, -0.1) is 0 Å². The van der Waals surface area contributed by atoms with Crippen LogP contribution in [0.1, 0.15) is 20.7 Å². The standard InChI is InChI=1S/C22H15BrN2O4/c23-14-9-11-15(12-10-14)29-13-20(26)24-18-7-3-4-8-19(18)25-21(27)16-5-1-2-6-17(16)22(25)28/h1-12H,13H2,(H,24,26). The summed E-state index contributed by atoms with van der Waals surface area (Å²) in [7, 11) is 0. The van der Waals surface area contributed by atoms with Crippen molar-refractivity contribution in [2.45, 2.75) is 0 Å². The molecule has 29 heavy (non-hydrogen) atoms. The van der Waals surface area contributed by atoms with Crippen molar-refractivity contribution in [3.8, 4) is 5.75 Å². The van der Waals surface area contributed by atoms with Crippen LogP contribution >= 0.6 is 15.9 Å². The van der Waals surface area contributed by atoms with Gasteiger partial charge in [-0.25, -0.2) is 4.90 Å². The number of rotatable bonds is 5. The fourth-order valence-corrected chi connectivity index (χ4v) is 3.31. The summed E-state index contributed by atoms with van der Waals surface area (Å²) in [6.45, 7) is -0.210. The molecular weight excluding hydrogens is 436 g/mol. The van der Waals surface area contributed by atoms with Gasteiger partial charge < -0.3 is 10.1 Å². The molecule has 0 saturated heterocycles. The van der Waals surface area contributed by atoms with Crippen LogP contribution in [0.15, 0.2) is 77.3 Å². The number of hydrogen-bond acceptors (Lipinski definition) is 4. The monoisotopic (exact) mass is 450 g/mol. The summed E-state index contributed by atoms with van der Waals surface area (Å²) < 4.78 is 6.38. The zero-order valence-corrected chi connectivity index (χ0v) is 16.7. The third-order valence-electron chi connectivity index (χ3n) is 4.40. The van der Waals surface area contributed by atoms with E-state index in [0.29, 0.717) is 28.3 Å². The van der Waals surface area contributed by atoms with E-state index in [2.05, 4.69) is 21.2 Å². The Labute approximate surface area is 175 Å². The molecule has 0 aromatic heterocycles. The van der Waals surface area contributed by atoms with Gasteiger partial charge in [0, 0.05) is 4.47 Å². The normalized spacial score (nSPS) is 12.7. The second-order valence-corrected chi connectivity index (χ2v) is 7.21. The minimum Gasteiger partial charge on any atom is -0.484 e. The largest absolute Gasteiger partial charge is 0.484 e. The van der Waals surface area contributed by atoms with Crippen LogP contribution in [0.3, 0.4) is 0 Å². The van der Waals surface area contributed by atoms with Crippen LogP contribution in [0.5, 0.6) is 5.75 Å². The molecule has 1 aliphatic rings. The van der Waals surface area contributed by atoms with E-state index in [9.17, 15) is 14.4 Å². The highest BCUT2D eigenvalue weighted by molar-refractivity contribution is 9.10. The highest BCUT2D eigenvalue weighted by Crippen LogP contribution is 2.33. The highest BCUT2D eigenvalue weighted by atomic mass is 79.9. The van der Waals surface area contributed by atoms with Crippen molar-refractivity contribution in [3.63, 3.8) is 0 Å². The number of carbonyl (C=O) groups excluding carboxylic acids is 3. The molecule has 0 fully saturated rings. The van der Waals surface area contributed by atoms with Gasteiger partial charge in [0.15, 0.2) is 6.61 Å². The number of ether oxygens (including phenoxy) is 1. The van der Waals surface area contributed by atoms with Gasteiger partial charge in [-0.05, 0) is 48.5 Å². The number of para-hydroxylation sites is 2. The maximum Gasteiger partial charge on any atom is 0.266 e. The highest BCUT2D eigenvalue weighted by Gasteiger charge is 2.37. The Morgan fingerprint density at radius 1 is 0.862 bits per heavy atom.